The van der Waals surface area contributed by atoms with Gasteiger partial charge in [-0.1, -0.05) is 27.7 Å². The van der Waals surface area contributed by atoms with Crippen LogP contribution in [-0.2, 0) is 9.53 Å². The predicted molar refractivity (Wildman–Crippen MR) is 93.9 cm³/mol. The Morgan fingerprint density at radius 2 is 1.73 bits per heavy atom. The van der Waals surface area contributed by atoms with E-state index in [0.29, 0.717) is 5.92 Å². The third-order valence-electron chi connectivity index (χ3n) is 2.43. The SMILES string of the molecule is C1CCOC1.CC.CC(=O)NCC(C)C.Cc1ccncc1. The second-order valence-corrected chi connectivity index (χ2v) is 5.17. The van der Waals surface area contributed by atoms with E-state index in [1.165, 1.54) is 25.3 Å². The van der Waals surface area contributed by atoms with Gasteiger partial charge in [-0.3, -0.25) is 9.78 Å². The molecule has 1 N–H and O–H groups in total. The normalized spacial score (nSPS) is 12.0. The van der Waals surface area contributed by atoms with Crippen LogP contribution in [0.15, 0.2) is 24.5 Å². The van der Waals surface area contributed by atoms with E-state index < -0.39 is 0 Å². The minimum atomic E-state index is 0.0544. The van der Waals surface area contributed by atoms with E-state index in [4.69, 9.17) is 4.74 Å². The number of aryl methyl sites for hydroxylation is 1. The first-order valence-electron chi connectivity index (χ1n) is 8.21. The number of amides is 1. The Hall–Kier alpha value is -1.42. The molecular formula is C18H34N2O2. The average molecular weight is 310 g/mol. The Morgan fingerprint density at radius 3 is 1.91 bits per heavy atom. The predicted octanol–water partition coefficient (Wildman–Crippen LogP) is 3.99. The van der Waals surface area contributed by atoms with Gasteiger partial charge in [0.25, 0.3) is 0 Å². The molecule has 2 rings (SSSR count). The van der Waals surface area contributed by atoms with Crippen molar-refractivity contribution in [3.8, 4) is 0 Å². The minimum Gasteiger partial charge on any atom is -0.381 e. The van der Waals surface area contributed by atoms with Crippen LogP contribution in [0.25, 0.3) is 0 Å². The fourth-order valence-electron chi connectivity index (χ4n) is 1.28. The Morgan fingerprint density at radius 1 is 1.23 bits per heavy atom. The third-order valence-corrected chi connectivity index (χ3v) is 2.43. The van der Waals surface area contributed by atoms with Gasteiger partial charge in [0.2, 0.25) is 5.91 Å². The van der Waals surface area contributed by atoms with E-state index in [-0.39, 0.29) is 5.91 Å². The number of rotatable bonds is 2. The molecular weight excluding hydrogens is 276 g/mol. The molecule has 1 saturated heterocycles. The van der Waals surface area contributed by atoms with Crippen LogP contribution in [0.1, 0.15) is 53.0 Å². The maximum Gasteiger partial charge on any atom is 0.216 e. The summed E-state index contributed by atoms with van der Waals surface area (Å²) in [5, 5.41) is 2.71. The smallest absolute Gasteiger partial charge is 0.216 e. The molecule has 4 heteroatoms. The summed E-state index contributed by atoms with van der Waals surface area (Å²) < 4.78 is 4.94. The summed E-state index contributed by atoms with van der Waals surface area (Å²) in [6.07, 6.45) is 6.13. The number of aromatic nitrogens is 1. The van der Waals surface area contributed by atoms with Crippen LogP contribution in [0.4, 0.5) is 0 Å². The van der Waals surface area contributed by atoms with Crippen LogP contribution in [0.5, 0.6) is 0 Å². The molecule has 0 unspecified atom stereocenters. The fraction of sp³-hybridized carbons (Fsp3) is 0.667. The molecule has 22 heavy (non-hydrogen) atoms. The van der Waals surface area contributed by atoms with E-state index in [1.807, 2.05) is 32.9 Å². The Bertz CT molecular complexity index is 329. The molecule has 1 amide bonds. The lowest BCUT2D eigenvalue weighted by Crippen LogP contribution is -2.24. The molecule has 128 valence electrons. The van der Waals surface area contributed by atoms with Gasteiger partial charge in [0.1, 0.15) is 0 Å². The van der Waals surface area contributed by atoms with Crippen molar-refractivity contribution >= 4 is 5.91 Å². The largest absolute Gasteiger partial charge is 0.381 e. The molecule has 1 aromatic heterocycles. The summed E-state index contributed by atoms with van der Waals surface area (Å²) in [4.78, 5) is 14.1. The first kappa shape index (κ1) is 22.9. The second-order valence-electron chi connectivity index (χ2n) is 5.17. The van der Waals surface area contributed by atoms with Crippen molar-refractivity contribution in [3.63, 3.8) is 0 Å². The highest BCUT2D eigenvalue weighted by Crippen LogP contribution is 1.98. The zero-order chi connectivity index (χ0) is 17.2. The summed E-state index contributed by atoms with van der Waals surface area (Å²) >= 11 is 0. The van der Waals surface area contributed by atoms with Crippen molar-refractivity contribution in [3.05, 3.63) is 30.1 Å². The molecule has 0 aromatic carbocycles. The number of ether oxygens (including phenoxy) is 1. The first-order valence-corrected chi connectivity index (χ1v) is 8.21. The van der Waals surface area contributed by atoms with Crippen molar-refractivity contribution in [2.45, 2.75) is 54.4 Å². The van der Waals surface area contributed by atoms with Gasteiger partial charge >= 0.3 is 0 Å². The lowest BCUT2D eigenvalue weighted by atomic mass is 10.2. The molecule has 1 fully saturated rings. The van der Waals surface area contributed by atoms with Gasteiger partial charge in [-0.05, 0) is 43.4 Å². The molecule has 0 radical (unpaired) electrons. The minimum absolute atomic E-state index is 0.0544. The van der Waals surface area contributed by atoms with E-state index >= 15 is 0 Å². The van der Waals surface area contributed by atoms with Crippen molar-refractivity contribution in [1.29, 1.82) is 0 Å². The molecule has 0 saturated carbocycles. The number of pyridine rings is 1. The molecule has 0 bridgehead atoms. The number of hydrogen-bond donors (Lipinski definition) is 1. The van der Waals surface area contributed by atoms with Gasteiger partial charge in [-0.25, -0.2) is 0 Å². The topological polar surface area (TPSA) is 51.2 Å². The molecule has 0 aliphatic carbocycles. The quantitative estimate of drug-likeness (QED) is 0.898. The number of hydrogen-bond acceptors (Lipinski definition) is 3. The third kappa shape index (κ3) is 20.9. The van der Waals surface area contributed by atoms with Crippen molar-refractivity contribution < 1.29 is 9.53 Å². The summed E-state index contributed by atoms with van der Waals surface area (Å²) in [5.41, 5.74) is 1.26. The Labute approximate surface area is 136 Å². The van der Waals surface area contributed by atoms with Gasteiger partial charge in [0.15, 0.2) is 0 Å². The zero-order valence-electron chi connectivity index (χ0n) is 15.2. The van der Waals surface area contributed by atoms with Gasteiger partial charge in [0.05, 0.1) is 0 Å². The number of nitrogens with one attached hydrogen (secondary N) is 1. The number of nitrogens with zero attached hydrogens (tertiary/aromatic N) is 1. The highest BCUT2D eigenvalue weighted by atomic mass is 16.5. The lowest BCUT2D eigenvalue weighted by molar-refractivity contribution is -0.119. The standard InChI is InChI=1S/C6H13NO.C6H7N.C4H8O.C2H6/c1-5(2)4-7-6(3)8;1-6-2-4-7-5-3-6;1-2-4-5-3-1;1-2/h5H,4H2,1-3H3,(H,7,8);2-5H,1H3;1-4H2;1-2H3. The van der Waals surface area contributed by atoms with E-state index in [2.05, 4.69) is 24.1 Å². The first-order chi connectivity index (χ1) is 10.5. The molecule has 1 aromatic rings. The maximum absolute atomic E-state index is 10.2. The van der Waals surface area contributed by atoms with Gasteiger partial charge < -0.3 is 10.1 Å². The van der Waals surface area contributed by atoms with Crippen LogP contribution in [0.2, 0.25) is 0 Å². The van der Waals surface area contributed by atoms with Crippen LogP contribution in [-0.4, -0.2) is 30.6 Å². The van der Waals surface area contributed by atoms with Crippen LogP contribution >= 0.6 is 0 Å². The molecule has 1 aliphatic heterocycles. The molecule has 2 heterocycles. The summed E-state index contributed by atoms with van der Waals surface area (Å²) in [7, 11) is 0. The molecule has 1 aliphatic rings. The van der Waals surface area contributed by atoms with Crippen molar-refractivity contribution in [1.82, 2.24) is 10.3 Å². The maximum atomic E-state index is 10.2. The van der Waals surface area contributed by atoms with E-state index in [9.17, 15) is 4.79 Å². The van der Waals surface area contributed by atoms with Crippen LogP contribution < -0.4 is 5.32 Å². The summed E-state index contributed by atoms with van der Waals surface area (Å²) in [5.74, 6) is 0.609. The highest BCUT2D eigenvalue weighted by Gasteiger charge is 1.94. The monoisotopic (exact) mass is 310 g/mol. The zero-order valence-corrected chi connectivity index (χ0v) is 15.2. The lowest BCUT2D eigenvalue weighted by Gasteiger charge is -2.02. The Kier molecular flexibility index (Phi) is 18.3. The van der Waals surface area contributed by atoms with Crippen molar-refractivity contribution in [2.75, 3.05) is 19.8 Å². The van der Waals surface area contributed by atoms with Gasteiger partial charge in [-0.15, -0.1) is 0 Å². The fourth-order valence-corrected chi connectivity index (χ4v) is 1.28. The highest BCUT2D eigenvalue weighted by molar-refractivity contribution is 5.72. The number of carbonyl (C=O) groups is 1. The molecule has 0 atom stereocenters. The summed E-state index contributed by atoms with van der Waals surface area (Å²) in [6, 6.07) is 3.94. The van der Waals surface area contributed by atoms with Gasteiger partial charge in [-0.2, -0.15) is 0 Å². The Balaban J connectivity index is 0. The molecule has 0 spiro atoms. The second kappa shape index (κ2) is 17.6. The number of carbonyl (C=O) groups excluding carboxylic acids is 1. The summed E-state index contributed by atoms with van der Waals surface area (Å²) in [6.45, 7) is 14.5. The van der Waals surface area contributed by atoms with Gasteiger partial charge in [0, 0.05) is 39.1 Å². The van der Waals surface area contributed by atoms with Crippen LogP contribution in [0, 0.1) is 12.8 Å². The van der Waals surface area contributed by atoms with Crippen LogP contribution in [0.3, 0.4) is 0 Å². The van der Waals surface area contributed by atoms with Crippen molar-refractivity contribution in [2.24, 2.45) is 5.92 Å². The van der Waals surface area contributed by atoms with E-state index in [0.717, 1.165) is 19.8 Å². The van der Waals surface area contributed by atoms with E-state index in [1.54, 1.807) is 12.4 Å². The average Bonchev–Trinajstić information content (AvgIpc) is 3.08. The molecule has 4 nitrogen and oxygen atoms in total.